The summed E-state index contributed by atoms with van der Waals surface area (Å²) in [7, 11) is -0.872. The molecular weight excluding hydrogens is 262 g/mol. The predicted molar refractivity (Wildman–Crippen MR) is 75.6 cm³/mol. The molecular formula is C13H25N3O2S. The Morgan fingerprint density at radius 3 is 2.21 bits per heavy atom. The van der Waals surface area contributed by atoms with Crippen LogP contribution in [0.15, 0.2) is 0 Å². The van der Waals surface area contributed by atoms with Gasteiger partial charge in [0, 0.05) is 44.8 Å². The molecule has 0 aromatic heterocycles. The summed E-state index contributed by atoms with van der Waals surface area (Å²) in [4.78, 5) is 4.70. The second-order valence-corrected chi connectivity index (χ2v) is 8.25. The summed E-state index contributed by atoms with van der Waals surface area (Å²) in [5.74, 6) is 0.340. The van der Waals surface area contributed by atoms with E-state index in [9.17, 15) is 8.42 Å². The molecule has 5 nitrogen and oxygen atoms in total. The fraction of sp³-hybridized carbons (Fsp3) is 1.00. The van der Waals surface area contributed by atoms with E-state index in [4.69, 9.17) is 0 Å². The minimum Gasteiger partial charge on any atom is -0.304 e. The molecule has 1 unspecified atom stereocenters. The van der Waals surface area contributed by atoms with Crippen molar-refractivity contribution in [3.8, 4) is 0 Å². The first-order valence-electron chi connectivity index (χ1n) is 7.48. The highest BCUT2D eigenvalue weighted by Crippen LogP contribution is 2.30. The molecule has 2 saturated heterocycles. The van der Waals surface area contributed by atoms with Gasteiger partial charge >= 0.3 is 0 Å². The fourth-order valence-electron chi connectivity index (χ4n) is 3.69. The van der Waals surface area contributed by atoms with Gasteiger partial charge in [-0.2, -0.15) is 4.31 Å². The predicted octanol–water partition coefficient (Wildman–Crippen LogP) is 0.190. The smallest absolute Gasteiger partial charge is 0.216 e. The topological polar surface area (TPSA) is 43.9 Å². The van der Waals surface area contributed by atoms with Crippen LogP contribution in [-0.4, -0.2) is 80.1 Å². The molecule has 3 fully saturated rings. The van der Waals surface area contributed by atoms with Crippen LogP contribution in [0.5, 0.6) is 0 Å². The molecule has 0 aromatic rings. The van der Waals surface area contributed by atoms with Crippen LogP contribution in [0.2, 0.25) is 0 Å². The molecule has 0 amide bonds. The Morgan fingerprint density at radius 1 is 0.947 bits per heavy atom. The van der Waals surface area contributed by atoms with Crippen molar-refractivity contribution >= 4 is 10.0 Å². The van der Waals surface area contributed by atoms with Crippen LogP contribution in [0, 0.1) is 0 Å². The molecule has 3 rings (SSSR count). The average molecular weight is 287 g/mol. The van der Waals surface area contributed by atoms with Crippen molar-refractivity contribution < 1.29 is 8.42 Å². The molecule has 110 valence electrons. The molecule has 2 heterocycles. The average Bonchev–Trinajstić information content (AvgIpc) is 2.97. The van der Waals surface area contributed by atoms with E-state index < -0.39 is 10.0 Å². The summed E-state index contributed by atoms with van der Waals surface area (Å²) in [6.45, 7) is 4.86. The Labute approximate surface area is 116 Å². The minimum atomic E-state index is -3.00. The Bertz CT molecular complexity index is 412. The lowest BCUT2D eigenvalue weighted by atomic mass is 10.2. The summed E-state index contributed by atoms with van der Waals surface area (Å²) in [5, 5.41) is 0. The van der Waals surface area contributed by atoms with E-state index in [1.165, 1.54) is 12.8 Å². The molecule has 2 aliphatic heterocycles. The third-order valence-corrected chi connectivity index (χ3v) is 6.91. The third-order valence-electron chi connectivity index (χ3n) is 4.94. The van der Waals surface area contributed by atoms with Crippen LogP contribution in [-0.2, 0) is 10.0 Å². The molecule has 1 atom stereocenters. The largest absolute Gasteiger partial charge is 0.304 e. The third kappa shape index (κ3) is 2.82. The maximum atomic E-state index is 12.4. The van der Waals surface area contributed by atoms with Crippen molar-refractivity contribution in [2.24, 2.45) is 0 Å². The van der Waals surface area contributed by atoms with Crippen LogP contribution < -0.4 is 0 Å². The first-order chi connectivity index (χ1) is 9.06. The molecule has 1 aliphatic carbocycles. The van der Waals surface area contributed by atoms with Gasteiger partial charge in [-0.05, 0) is 19.9 Å². The molecule has 1 saturated carbocycles. The van der Waals surface area contributed by atoms with E-state index in [1.54, 1.807) is 0 Å². The van der Waals surface area contributed by atoms with E-state index >= 15 is 0 Å². The number of hydrogen-bond acceptors (Lipinski definition) is 4. The van der Waals surface area contributed by atoms with E-state index in [0.29, 0.717) is 11.8 Å². The number of piperazine rings is 1. The van der Waals surface area contributed by atoms with Crippen LogP contribution in [0.1, 0.15) is 25.7 Å². The van der Waals surface area contributed by atoms with Crippen LogP contribution in [0.4, 0.5) is 0 Å². The molecule has 0 aromatic carbocycles. The van der Waals surface area contributed by atoms with Crippen LogP contribution in [0.3, 0.4) is 0 Å². The lowest BCUT2D eigenvalue weighted by Crippen LogP contribution is -2.50. The van der Waals surface area contributed by atoms with Crippen LogP contribution >= 0.6 is 0 Å². The Kier molecular flexibility index (Phi) is 3.86. The maximum absolute atomic E-state index is 12.4. The molecule has 6 heteroatoms. The van der Waals surface area contributed by atoms with Gasteiger partial charge < -0.3 is 4.90 Å². The first-order valence-corrected chi connectivity index (χ1v) is 9.09. The Hall–Kier alpha value is -0.170. The van der Waals surface area contributed by atoms with Gasteiger partial charge in [0.2, 0.25) is 10.0 Å². The number of rotatable bonds is 2. The van der Waals surface area contributed by atoms with Gasteiger partial charge in [0.15, 0.2) is 0 Å². The zero-order valence-corrected chi connectivity index (χ0v) is 12.6. The molecule has 0 radical (unpaired) electrons. The number of nitrogens with zero attached hydrogens (tertiary/aromatic N) is 3. The van der Waals surface area contributed by atoms with Gasteiger partial charge in [0.05, 0.1) is 5.75 Å². The first kappa shape index (κ1) is 13.8. The standard InChI is InChI=1S/C13H25N3O2S/c1-14-6-8-15(9-7-14)13-10-16(19(17,18)11-13)12-4-2-3-5-12/h12-13H,2-11H2,1H3. The van der Waals surface area contributed by atoms with E-state index in [2.05, 4.69) is 16.8 Å². The Morgan fingerprint density at radius 2 is 1.58 bits per heavy atom. The highest BCUT2D eigenvalue weighted by atomic mass is 32.2. The van der Waals surface area contributed by atoms with Gasteiger partial charge in [0.25, 0.3) is 0 Å². The summed E-state index contributed by atoms with van der Waals surface area (Å²) in [5.41, 5.74) is 0. The molecule has 3 aliphatic rings. The van der Waals surface area contributed by atoms with Gasteiger partial charge in [0.1, 0.15) is 0 Å². The van der Waals surface area contributed by atoms with E-state index in [0.717, 1.165) is 45.6 Å². The van der Waals surface area contributed by atoms with Crippen molar-refractivity contribution in [1.82, 2.24) is 14.1 Å². The second kappa shape index (κ2) is 5.31. The number of sulfonamides is 1. The van der Waals surface area contributed by atoms with Gasteiger partial charge in [-0.1, -0.05) is 12.8 Å². The zero-order valence-electron chi connectivity index (χ0n) is 11.8. The zero-order chi connectivity index (χ0) is 13.5. The lowest BCUT2D eigenvalue weighted by molar-refractivity contribution is 0.114. The summed E-state index contributed by atoms with van der Waals surface area (Å²) < 4.78 is 26.5. The van der Waals surface area contributed by atoms with Crippen molar-refractivity contribution in [1.29, 1.82) is 0 Å². The second-order valence-electron chi connectivity index (χ2n) is 6.28. The quantitative estimate of drug-likeness (QED) is 0.727. The van der Waals surface area contributed by atoms with Crippen LogP contribution in [0.25, 0.3) is 0 Å². The normalized spacial score (nSPS) is 35.1. The molecule has 19 heavy (non-hydrogen) atoms. The molecule has 0 bridgehead atoms. The number of likely N-dealkylation sites (N-methyl/N-ethyl adjacent to an activating group) is 1. The fourth-order valence-corrected chi connectivity index (χ4v) is 5.75. The van der Waals surface area contributed by atoms with Crippen molar-refractivity contribution in [2.45, 2.75) is 37.8 Å². The summed E-state index contributed by atoms with van der Waals surface area (Å²) in [6, 6.07) is 0.516. The molecule has 0 N–H and O–H groups in total. The minimum absolute atomic E-state index is 0.222. The number of hydrogen-bond donors (Lipinski definition) is 0. The summed E-state index contributed by atoms with van der Waals surface area (Å²) >= 11 is 0. The van der Waals surface area contributed by atoms with Crippen molar-refractivity contribution in [2.75, 3.05) is 45.5 Å². The highest BCUT2D eigenvalue weighted by molar-refractivity contribution is 7.89. The van der Waals surface area contributed by atoms with Gasteiger partial charge in [-0.3, -0.25) is 4.90 Å². The van der Waals surface area contributed by atoms with Gasteiger partial charge in [-0.25, -0.2) is 8.42 Å². The van der Waals surface area contributed by atoms with E-state index in [-0.39, 0.29) is 6.04 Å². The SMILES string of the molecule is CN1CCN(C2CN(C3CCCC3)S(=O)(=O)C2)CC1. The highest BCUT2D eigenvalue weighted by Gasteiger charge is 2.43. The van der Waals surface area contributed by atoms with Crippen molar-refractivity contribution in [3.63, 3.8) is 0 Å². The molecule has 0 spiro atoms. The summed E-state index contributed by atoms with van der Waals surface area (Å²) in [6.07, 6.45) is 4.51. The van der Waals surface area contributed by atoms with Crippen molar-refractivity contribution in [3.05, 3.63) is 0 Å². The monoisotopic (exact) mass is 287 g/mol. The lowest BCUT2D eigenvalue weighted by Gasteiger charge is -2.36. The van der Waals surface area contributed by atoms with Gasteiger partial charge in [-0.15, -0.1) is 0 Å². The van der Waals surface area contributed by atoms with E-state index in [1.807, 2.05) is 4.31 Å². The maximum Gasteiger partial charge on any atom is 0.216 e. The Balaban J connectivity index is 1.66.